The zero-order chi connectivity index (χ0) is 12.9. The molecule has 18 heavy (non-hydrogen) atoms. The van der Waals surface area contributed by atoms with Crippen molar-refractivity contribution in [1.29, 1.82) is 0 Å². The van der Waals surface area contributed by atoms with E-state index in [0.717, 1.165) is 5.56 Å². The van der Waals surface area contributed by atoms with Gasteiger partial charge in [-0.3, -0.25) is 4.79 Å². The lowest BCUT2D eigenvalue weighted by atomic mass is 10.2. The van der Waals surface area contributed by atoms with Gasteiger partial charge in [0.2, 0.25) is 5.88 Å². The highest BCUT2D eigenvalue weighted by Gasteiger charge is 2.40. The lowest BCUT2D eigenvalue weighted by molar-refractivity contribution is 0.0695. The van der Waals surface area contributed by atoms with Gasteiger partial charge in [0.15, 0.2) is 0 Å². The molecule has 0 aromatic carbocycles. The van der Waals surface area contributed by atoms with E-state index in [2.05, 4.69) is 11.9 Å². The van der Waals surface area contributed by atoms with Crippen LogP contribution in [0.3, 0.4) is 0 Å². The molecule has 2 heterocycles. The second-order valence-electron chi connectivity index (χ2n) is 5.00. The highest BCUT2D eigenvalue weighted by Crippen LogP contribution is 2.40. The number of halogens is 1. The Morgan fingerprint density at radius 2 is 2.28 bits per heavy atom. The summed E-state index contributed by atoms with van der Waals surface area (Å²) < 4.78 is 5.17. The molecule has 0 saturated heterocycles. The topological polar surface area (TPSA) is 42.4 Å². The summed E-state index contributed by atoms with van der Waals surface area (Å²) in [6.45, 7) is 2.73. The summed E-state index contributed by atoms with van der Waals surface area (Å²) in [4.78, 5) is 18.4. The summed E-state index contributed by atoms with van der Waals surface area (Å²) in [5.41, 5.74) is 1.50. The van der Waals surface area contributed by atoms with Gasteiger partial charge in [-0.15, -0.1) is 0 Å². The Kier molecular flexibility index (Phi) is 2.70. The van der Waals surface area contributed by atoms with Crippen molar-refractivity contribution in [1.82, 2.24) is 9.88 Å². The van der Waals surface area contributed by atoms with Crippen LogP contribution in [0, 0.1) is 5.92 Å². The van der Waals surface area contributed by atoms with Gasteiger partial charge in [-0.2, -0.15) is 0 Å². The van der Waals surface area contributed by atoms with Crippen molar-refractivity contribution in [3.8, 4) is 5.88 Å². The molecule has 5 heteroatoms. The molecular weight excluding hydrogens is 252 g/mol. The minimum atomic E-state index is 0.0189. The number of ether oxygens (including phenoxy) is 1. The van der Waals surface area contributed by atoms with E-state index in [1.165, 1.54) is 20.0 Å². The summed E-state index contributed by atoms with van der Waals surface area (Å²) in [5.74, 6) is 1.01. The molecular formula is C13H15ClN2O2. The third kappa shape index (κ3) is 1.75. The van der Waals surface area contributed by atoms with E-state index < -0.39 is 0 Å². The molecule has 0 N–H and O–H groups in total. The first-order chi connectivity index (χ1) is 8.61. The number of amides is 1. The van der Waals surface area contributed by atoms with Gasteiger partial charge in [0.05, 0.1) is 7.11 Å². The van der Waals surface area contributed by atoms with Gasteiger partial charge in [-0.05, 0) is 37.3 Å². The Hall–Kier alpha value is -1.29. The van der Waals surface area contributed by atoms with E-state index >= 15 is 0 Å². The quantitative estimate of drug-likeness (QED) is 0.790. The maximum atomic E-state index is 12.4. The van der Waals surface area contributed by atoms with Crippen LogP contribution in [0.15, 0.2) is 6.07 Å². The Bertz CT molecular complexity index is 514. The van der Waals surface area contributed by atoms with Crippen LogP contribution in [0.1, 0.15) is 35.7 Å². The smallest absolute Gasteiger partial charge is 0.260 e. The molecule has 1 aliphatic carbocycles. The number of aromatic nitrogens is 1. The summed E-state index contributed by atoms with van der Waals surface area (Å²) in [6.07, 6.45) is 2.44. The minimum absolute atomic E-state index is 0.0189. The molecule has 0 spiro atoms. The third-order valence-electron chi connectivity index (χ3n) is 3.84. The van der Waals surface area contributed by atoms with Gasteiger partial charge >= 0.3 is 0 Å². The zero-order valence-corrected chi connectivity index (χ0v) is 11.2. The minimum Gasteiger partial charge on any atom is -0.480 e. The molecule has 0 bridgehead atoms. The molecule has 3 rings (SSSR count). The van der Waals surface area contributed by atoms with E-state index in [9.17, 15) is 4.79 Å². The number of methoxy groups -OCH3 is 1. The van der Waals surface area contributed by atoms with Gasteiger partial charge in [-0.25, -0.2) is 4.98 Å². The number of hydrogen-bond donors (Lipinski definition) is 0. The van der Waals surface area contributed by atoms with Crippen LogP contribution in [0.4, 0.5) is 0 Å². The van der Waals surface area contributed by atoms with Crippen LogP contribution in [0.2, 0.25) is 5.15 Å². The van der Waals surface area contributed by atoms with Crippen molar-refractivity contribution in [2.45, 2.75) is 32.4 Å². The fraction of sp³-hybridized carbons (Fsp3) is 0.538. The predicted molar refractivity (Wildman–Crippen MR) is 67.9 cm³/mol. The molecule has 1 aromatic rings. The molecule has 0 radical (unpaired) electrons. The second-order valence-corrected chi connectivity index (χ2v) is 5.39. The van der Waals surface area contributed by atoms with Gasteiger partial charge in [0, 0.05) is 12.6 Å². The largest absolute Gasteiger partial charge is 0.480 e. The second kappa shape index (κ2) is 4.12. The maximum Gasteiger partial charge on any atom is 0.260 e. The number of hydrogen-bond acceptors (Lipinski definition) is 3. The number of nitrogens with zero attached hydrogens (tertiary/aromatic N) is 2. The van der Waals surface area contributed by atoms with E-state index in [4.69, 9.17) is 16.3 Å². The van der Waals surface area contributed by atoms with E-state index in [1.54, 1.807) is 6.07 Å². The molecule has 1 amide bonds. The summed E-state index contributed by atoms with van der Waals surface area (Å²) in [7, 11) is 1.51. The van der Waals surface area contributed by atoms with Crippen molar-refractivity contribution in [2.75, 3.05) is 7.11 Å². The first-order valence-corrected chi connectivity index (χ1v) is 6.54. The van der Waals surface area contributed by atoms with Crippen molar-refractivity contribution < 1.29 is 9.53 Å². The Labute approximate surface area is 111 Å². The standard InChI is InChI=1S/C13H15ClN2O2/c1-7(8-3-4-8)16-6-9-5-10(14)15-12(18-2)11(9)13(16)17/h5,7-8H,3-4,6H2,1-2H3/t7-/m0/s1. The highest BCUT2D eigenvalue weighted by atomic mass is 35.5. The average molecular weight is 267 g/mol. The van der Waals surface area contributed by atoms with E-state index in [-0.39, 0.29) is 11.9 Å². The number of fused-ring (bicyclic) bond motifs is 1. The van der Waals surface area contributed by atoms with Gasteiger partial charge in [0.25, 0.3) is 5.91 Å². The number of pyridine rings is 1. The Morgan fingerprint density at radius 3 is 2.89 bits per heavy atom. The molecule has 4 nitrogen and oxygen atoms in total. The van der Waals surface area contributed by atoms with Crippen molar-refractivity contribution >= 4 is 17.5 Å². The molecule has 1 aliphatic heterocycles. The van der Waals surface area contributed by atoms with Crippen molar-refractivity contribution in [3.63, 3.8) is 0 Å². The zero-order valence-electron chi connectivity index (χ0n) is 10.4. The van der Waals surface area contributed by atoms with Crippen molar-refractivity contribution in [2.24, 2.45) is 5.92 Å². The van der Waals surface area contributed by atoms with Crippen LogP contribution < -0.4 is 4.74 Å². The van der Waals surface area contributed by atoms with Crippen LogP contribution in [0.5, 0.6) is 5.88 Å². The number of carbonyl (C=O) groups excluding carboxylic acids is 1. The summed E-state index contributed by atoms with van der Waals surface area (Å²) in [6, 6.07) is 2.05. The van der Waals surface area contributed by atoms with Crippen LogP contribution in [-0.4, -0.2) is 28.9 Å². The summed E-state index contributed by atoms with van der Waals surface area (Å²) in [5, 5.41) is 0.374. The van der Waals surface area contributed by atoms with Crippen LogP contribution >= 0.6 is 11.6 Å². The number of rotatable bonds is 3. The highest BCUT2D eigenvalue weighted by molar-refractivity contribution is 6.29. The van der Waals surface area contributed by atoms with Crippen molar-refractivity contribution in [3.05, 3.63) is 22.3 Å². The first-order valence-electron chi connectivity index (χ1n) is 6.16. The number of carbonyl (C=O) groups is 1. The van der Waals surface area contributed by atoms with E-state index in [1.807, 2.05) is 4.90 Å². The molecule has 96 valence electrons. The lowest BCUT2D eigenvalue weighted by Gasteiger charge is -2.23. The third-order valence-corrected chi connectivity index (χ3v) is 4.03. The van der Waals surface area contributed by atoms with Crippen LogP contribution in [-0.2, 0) is 6.54 Å². The molecule has 2 aliphatic rings. The molecule has 1 aromatic heterocycles. The van der Waals surface area contributed by atoms with Gasteiger partial charge < -0.3 is 9.64 Å². The average Bonchev–Trinajstić information content (AvgIpc) is 3.13. The lowest BCUT2D eigenvalue weighted by Crippen LogP contribution is -2.34. The first kappa shape index (κ1) is 11.8. The van der Waals surface area contributed by atoms with Gasteiger partial charge in [-0.1, -0.05) is 11.6 Å². The molecule has 1 atom stereocenters. The maximum absolute atomic E-state index is 12.4. The Morgan fingerprint density at radius 1 is 1.56 bits per heavy atom. The predicted octanol–water partition coefficient (Wildman–Crippen LogP) is 2.50. The van der Waals surface area contributed by atoms with Gasteiger partial charge in [0.1, 0.15) is 10.7 Å². The van der Waals surface area contributed by atoms with Crippen LogP contribution in [0.25, 0.3) is 0 Å². The Balaban J connectivity index is 1.97. The summed E-state index contributed by atoms with van der Waals surface area (Å²) >= 11 is 5.94. The molecule has 1 fully saturated rings. The fourth-order valence-corrected chi connectivity index (χ4v) is 2.81. The fourth-order valence-electron chi connectivity index (χ4n) is 2.60. The van der Waals surface area contributed by atoms with E-state index in [0.29, 0.717) is 29.1 Å². The molecule has 0 unspecified atom stereocenters. The normalized spacial score (nSPS) is 19.9. The monoisotopic (exact) mass is 266 g/mol. The SMILES string of the molecule is COc1nc(Cl)cc2c1C(=O)N([C@@H](C)C1CC1)C2. The molecule has 1 saturated carbocycles.